The van der Waals surface area contributed by atoms with E-state index in [-0.39, 0.29) is 5.91 Å². The van der Waals surface area contributed by atoms with Crippen molar-refractivity contribution >= 4 is 61.9 Å². The molecule has 0 spiro atoms. The molecule has 0 fully saturated rings. The van der Waals surface area contributed by atoms with Crippen LogP contribution in [0.1, 0.15) is 12.5 Å². The van der Waals surface area contributed by atoms with Crippen molar-refractivity contribution in [1.29, 1.82) is 0 Å². The van der Waals surface area contributed by atoms with Crippen LogP contribution in [0.25, 0.3) is 16.3 Å². The summed E-state index contributed by atoms with van der Waals surface area (Å²) >= 11 is 13.2. The minimum absolute atomic E-state index is 0.268. The average Bonchev–Trinajstić information content (AvgIpc) is 2.97. The lowest BCUT2D eigenvalue weighted by atomic mass is 10.2. The van der Waals surface area contributed by atoms with Gasteiger partial charge in [-0.05, 0) is 48.9 Å². The number of nitrogens with zero attached hydrogens (tertiary/aromatic N) is 1. The number of hydrogen-bond acceptors (Lipinski definition) is 4. The van der Waals surface area contributed by atoms with Crippen molar-refractivity contribution in [3.63, 3.8) is 0 Å². The number of carbonyl (C=O) groups is 1. The van der Waals surface area contributed by atoms with Gasteiger partial charge in [-0.15, -0.1) is 0 Å². The average molecular weight is 393 g/mol. The van der Waals surface area contributed by atoms with E-state index in [1.807, 2.05) is 25.1 Å². The molecule has 1 N–H and O–H groups in total. The molecule has 128 valence electrons. The number of anilines is 1. The Morgan fingerprint density at radius 2 is 2.08 bits per heavy atom. The molecule has 2 aromatic carbocycles. The third kappa shape index (κ3) is 4.51. The number of ether oxygens (including phenoxy) is 1. The summed E-state index contributed by atoms with van der Waals surface area (Å²) in [6.45, 7) is 2.54. The van der Waals surface area contributed by atoms with Gasteiger partial charge < -0.3 is 4.74 Å². The predicted octanol–water partition coefficient (Wildman–Crippen LogP) is 5.65. The van der Waals surface area contributed by atoms with Gasteiger partial charge in [0.25, 0.3) is 0 Å². The fourth-order valence-electron chi connectivity index (χ4n) is 2.15. The van der Waals surface area contributed by atoms with Crippen LogP contribution < -0.4 is 10.1 Å². The zero-order valence-corrected chi connectivity index (χ0v) is 15.6. The highest BCUT2D eigenvalue weighted by Gasteiger charge is 2.07. The van der Waals surface area contributed by atoms with E-state index >= 15 is 0 Å². The summed E-state index contributed by atoms with van der Waals surface area (Å²) in [7, 11) is 0. The molecule has 3 rings (SSSR count). The molecule has 0 aliphatic rings. The lowest BCUT2D eigenvalue weighted by Crippen LogP contribution is -2.07. The van der Waals surface area contributed by atoms with Gasteiger partial charge in [0, 0.05) is 6.08 Å². The van der Waals surface area contributed by atoms with E-state index < -0.39 is 0 Å². The summed E-state index contributed by atoms with van der Waals surface area (Å²) in [5, 5.41) is 4.22. The molecule has 0 aliphatic carbocycles. The molecular weight excluding hydrogens is 379 g/mol. The highest BCUT2D eigenvalue weighted by atomic mass is 35.5. The van der Waals surface area contributed by atoms with Crippen LogP contribution >= 0.6 is 34.5 Å². The van der Waals surface area contributed by atoms with E-state index in [1.165, 1.54) is 17.4 Å². The molecule has 0 unspecified atom stereocenters. The number of rotatable bonds is 5. The van der Waals surface area contributed by atoms with Gasteiger partial charge in [-0.25, -0.2) is 4.98 Å². The highest BCUT2D eigenvalue weighted by Crippen LogP contribution is 2.29. The third-order valence-corrected chi connectivity index (χ3v) is 4.94. The molecule has 0 aliphatic heterocycles. The van der Waals surface area contributed by atoms with Gasteiger partial charge in [-0.2, -0.15) is 0 Å². The van der Waals surface area contributed by atoms with E-state index in [1.54, 1.807) is 24.3 Å². The Morgan fingerprint density at radius 3 is 2.84 bits per heavy atom. The summed E-state index contributed by atoms with van der Waals surface area (Å²) in [6, 6.07) is 10.8. The number of thiazole rings is 1. The fourth-order valence-corrected chi connectivity index (χ4v) is 3.35. The minimum atomic E-state index is -0.268. The van der Waals surface area contributed by atoms with Crippen molar-refractivity contribution in [2.24, 2.45) is 0 Å². The van der Waals surface area contributed by atoms with Crippen LogP contribution in [0.3, 0.4) is 0 Å². The Kier molecular flexibility index (Phi) is 5.58. The van der Waals surface area contributed by atoms with Crippen LogP contribution in [-0.4, -0.2) is 17.5 Å². The lowest BCUT2D eigenvalue weighted by molar-refractivity contribution is -0.111. The smallest absolute Gasteiger partial charge is 0.250 e. The minimum Gasteiger partial charge on any atom is -0.494 e. The maximum atomic E-state index is 12.1. The van der Waals surface area contributed by atoms with Crippen molar-refractivity contribution in [3.05, 3.63) is 58.1 Å². The van der Waals surface area contributed by atoms with Crippen molar-refractivity contribution in [3.8, 4) is 5.75 Å². The van der Waals surface area contributed by atoms with E-state index in [9.17, 15) is 4.79 Å². The number of halogens is 2. The molecule has 1 amide bonds. The molecule has 3 aromatic rings. The number of hydrogen-bond donors (Lipinski definition) is 1. The summed E-state index contributed by atoms with van der Waals surface area (Å²) in [5.74, 6) is 0.520. The highest BCUT2D eigenvalue weighted by molar-refractivity contribution is 7.22. The monoisotopic (exact) mass is 392 g/mol. The summed E-state index contributed by atoms with van der Waals surface area (Å²) in [5.41, 5.74) is 1.60. The number of aromatic nitrogens is 1. The van der Waals surface area contributed by atoms with Gasteiger partial charge in [-0.1, -0.05) is 40.6 Å². The largest absolute Gasteiger partial charge is 0.494 e. The predicted molar refractivity (Wildman–Crippen MR) is 105 cm³/mol. The first-order chi connectivity index (χ1) is 12.0. The van der Waals surface area contributed by atoms with E-state index in [4.69, 9.17) is 27.9 Å². The fraction of sp³-hybridized carbons (Fsp3) is 0.111. The van der Waals surface area contributed by atoms with Gasteiger partial charge in [0.15, 0.2) is 5.13 Å². The quantitative estimate of drug-likeness (QED) is 0.570. The second-order valence-electron chi connectivity index (χ2n) is 5.08. The molecule has 7 heteroatoms. The molecular formula is C18H14Cl2N2O2S. The third-order valence-electron chi connectivity index (χ3n) is 3.27. The van der Waals surface area contributed by atoms with E-state index in [2.05, 4.69) is 10.3 Å². The molecule has 4 nitrogen and oxygen atoms in total. The molecule has 0 radical (unpaired) electrons. The standard InChI is InChI=1S/C18H14Cl2N2O2S/c1-2-24-12-5-7-15-16(10-12)25-18(21-15)22-17(23)8-4-11-3-6-13(19)14(20)9-11/h3-10H,2H2,1H3,(H,21,22,23). The van der Waals surface area contributed by atoms with Crippen molar-refractivity contribution in [2.75, 3.05) is 11.9 Å². The lowest BCUT2D eigenvalue weighted by Gasteiger charge is -2.00. The number of carbonyl (C=O) groups excluding carboxylic acids is 1. The molecule has 1 heterocycles. The van der Waals surface area contributed by atoms with E-state index in [0.717, 1.165) is 21.5 Å². The van der Waals surface area contributed by atoms with Crippen LogP contribution in [0.4, 0.5) is 5.13 Å². The zero-order chi connectivity index (χ0) is 17.8. The molecule has 0 bridgehead atoms. The zero-order valence-electron chi connectivity index (χ0n) is 13.3. The Morgan fingerprint density at radius 1 is 1.24 bits per heavy atom. The second-order valence-corrected chi connectivity index (χ2v) is 6.92. The van der Waals surface area contributed by atoms with Gasteiger partial charge in [0.1, 0.15) is 5.75 Å². The normalized spacial score (nSPS) is 11.2. The van der Waals surface area contributed by atoms with Crippen molar-refractivity contribution in [1.82, 2.24) is 4.98 Å². The Bertz CT molecular complexity index is 953. The summed E-state index contributed by atoms with van der Waals surface area (Å²) in [6.07, 6.45) is 3.09. The molecule has 1 aromatic heterocycles. The first-order valence-electron chi connectivity index (χ1n) is 7.52. The van der Waals surface area contributed by atoms with Crippen molar-refractivity contribution in [2.45, 2.75) is 6.92 Å². The molecule has 0 saturated carbocycles. The summed E-state index contributed by atoms with van der Waals surface area (Å²) in [4.78, 5) is 16.5. The van der Waals surface area contributed by atoms with Crippen LogP contribution in [0.5, 0.6) is 5.75 Å². The first-order valence-corrected chi connectivity index (χ1v) is 9.10. The number of benzene rings is 2. The Labute approximate surface area is 159 Å². The number of nitrogens with one attached hydrogen (secondary N) is 1. The van der Waals surface area contributed by atoms with Gasteiger partial charge >= 0.3 is 0 Å². The van der Waals surface area contributed by atoms with Gasteiger partial charge in [-0.3, -0.25) is 10.1 Å². The van der Waals surface area contributed by atoms with Crippen LogP contribution in [-0.2, 0) is 4.79 Å². The Hall–Kier alpha value is -2.08. The number of amides is 1. The number of fused-ring (bicyclic) bond motifs is 1. The van der Waals surface area contributed by atoms with Crippen LogP contribution in [0.15, 0.2) is 42.5 Å². The molecule has 0 saturated heterocycles. The van der Waals surface area contributed by atoms with Crippen molar-refractivity contribution < 1.29 is 9.53 Å². The van der Waals surface area contributed by atoms with E-state index in [0.29, 0.717) is 21.8 Å². The van der Waals surface area contributed by atoms with Gasteiger partial charge in [0.2, 0.25) is 5.91 Å². The first kappa shape index (κ1) is 17.7. The van der Waals surface area contributed by atoms with Crippen LogP contribution in [0, 0.1) is 0 Å². The molecule has 0 atom stereocenters. The Balaban J connectivity index is 1.70. The summed E-state index contributed by atoms with van der Waals surface area (Å²) < 4.78 is 6.42. The van der Waals surface area contributed by atoms with Gasteiger partial charge in [0.05, 0.1) is 26.9 Å². The maximum Gasteiger partial charge on any atom is 0.250 e. The maximum absolute atomic E-state index is 12.1. The van der Waals surface area contributed by atoms with Crippen LogP contribution in [0.2, 0.25) is 10.0 Å². The second kappa shape index (κ2) is 7.87. The SMILES string of the molecule is CCOc1ccc2nc(NC(=O)C=Cc3ccc(Cl)c(Cl)c3)sc2c1. The topological polar surface area (TPSA) is 51.2 Å². The molecule has 25 heavy (non-hydrogen) atoms.